The van der Waals surface area contributed by atoms with Crippen LogP contribution < -0.4 is 0 Å². The Morgan fingerprint density at radius 3 is 2.75 bits per heavy atom. The minimum atomic E-state index is 0.723. The van der Waals surface area contributed by atoms with Crippen molar-refractivity contribution in [3.63, 3.8) is 0 Å². The Labute approximate surface area is 54.1 Å². The van der Waals surface area contributed by atoms with Crippen molar-refractivity contribution < 1.29 is 0 Å². The van der Waals surface area contributed by atoms with Gasteiger partial charge in [-0.3, -0.25) is 0 Å². The molecule has 0 saturated heterocycles. The average molecular weight is 125 g/mol. The Bertz CT molecular complexity index is 164. The van der Waals surface area contributed by atoms with Crippen LogP contribution in [0.15, 0.2) is 12.1 Å². The van der Waals surface area contributed by atoms with Gasteiger partial charge in [0.2, 0.25) is 0 Å². The highest BCUT2D eigenvalue weighted by Gasteiger charge is 1.84. The van der Waals surface area contributed by atoms with Crippen LogP contribution in [0.2, 0.25) is 5.02 Å². The third kappa shape index (κ3) is 1.24. The Kier molecular flexibility index (Phi) is 1.54. The summed E-state index contributed by atoms with van der Waals surface area (Å²) in [6.45, 7) is 1.93. The van der Waals surface area contributed by atoms with Crippen LogP contribution in [0.25, 0.3) is 0 Å². The van der Waals surface area contributed by atoms with Crippen molar-refractivity contribution in [2.45, 2.75) is 6.92 Å². The van der Waals surface area contributed by atoms with Crippen LogP contribution in [0, 0.1) is 19.1 Å². The van der Waals surface area contributed by atoms with Crippen molar-refractivity contribution >= 4 is 11.6 Å². The second-order valence-corrected chi connectivity index (χ2v) is 2.06. The Morgan fingerprint density at radius 1 is 1.62 bits per heavy atom. The second-order valence-electron chi connectivity index (χ2n) is 1.63. The van der Waals surface area contributed by atoms with Crippen molar-refractivity contribution in [3.05, 3.63) is 34.9 Å². The average Bonchev–Trinajstić information content (AvgIpc) is 1.64. The molecule has 0 amide bonds. The van der Waals surface area contributed by atoms with Gasteiger partial charge < -0.3 is 0 Å². The van der Waals surface area contributed by atoms with Gasteiger partial charge in [-0.15, -0.1) is 0 Å². The standard InChI is InChI=1S/C7H5Cl/c1-6-3-2-4-7(8)5-6/h4-5H,1H3. The van der Waals surface area contributed by atoms with Crippen LogP contribution in [0.1, 0.15) is 5.56 Å². The van der Waals surface area contributed by atoms with E-state index < -0.39 is 0 Å². The fourth-order valence-electron chi connectivity index (χ4n) is 0.503. The molecule has 0 unspecified atom stereocenters. The lowest BCUT2D eigenvalue weighted by molar-refractivity contribution is 1.45. The molecular formula is C7H5Cl. The van der Waals surface area contributed by atoms with Gasteiger partial charge in [-0.05, 0) is 36.8 Å². The van der Waals surface area contributed by atoms with Crippen LogP contribution >= 0.6 is 11.6 Å². The zero-order valence-electron chi connectivity index (χ0n) is 4.53. The van der Waals surface area contributed by atoms with Crippen molar-refractivity contribution in [3.8, 4) is 0 Å². The lowest BCUT2D eigenvalue weighted by Gasteiger charge is -1.87. The van der Waals surface area contributed by atoms with E-state index >= 15 is 0 Å². The predicted octanol–water partition coefficient (Wildman–Crippen LogP) is 2.25. The minimum absolute atomic E-state index is 0.723. The SMILES string of the molecule is Cc1[c][c]cc(Cl)c1. The molecule has 0 heterocycles. The maximum absolute atomic E-state index is 5.59. The summed E-state index contributed by atoms with van der Waals surface area (Å²) in [5, 5.41) is 0.723. The normalized spacial score (nSPS) is 9.25. The topological polar surface area (TPSA) is 0 Å². The molecular weight excluding hydrogens is 120 g/mol. The molecule has 1 aromatic rings. The fraction of sp³-hybridized carbons (Fsp3) is 0.143. The molecule has 0 aromatic heterocycles. The lowest BCUT2D eigenvalue weighted by atomic mass is 10.2. The molecule has 8 heavy (non-hydrogen) atoms. The lowest BCUT2D eigenvalue weighted by Crippen LogP contribution is -1.68. The van der Waals surface area contributed by atoms with Gasteiger partial charge in [0.25, 0.3) is 0 Å². The Morgan fingerprint density at radius 2 is 2.38 bits per heavy atom. The van der Waals surface area contributed by atoms with Crippen LogP contribution in [0.3, 0.4) is 0 Å². The molecule has 0 nitrogen and oxygen atoms in total. The largest absolute Gasteiger partial charge is 0.0843 e. The maximum Gasteiger partial charge on any atom is 0.0415 e. The van der Waals surface area contributed by atoms with Gasteiger partial charge >= 0.3 is 0 Å². The molecule has 0 aliphatic heterocycles. The number of hydrogen-bond donors (Lipinski definition) is 0. The number of aryl methyl sites for hydroxylation is 1. The van der Waals surface area contributed by atoms with Gasteiger partial charge in [-0.1, -0.05) is 11.6 Å². The Hall–Kier alpha value is -0.490. The van der Waals surface area contributed by atoms with Crippen LogP contribution in [-0.2, 0) is 0 Å². The zero-order chi connectivity index (χ0) is 5.98. The molecule has 0 aliphatic carbocycles. The van der Waals surface area contributed by atoms with Gasteiger partial charge in [0.1, 0.15) is 0 Å². The van der Waals surface area contributed by atoms with E-state index in [0.717, 1.165) is 10.6 Å². The van der Waals surface area contributed by atoms with Crippen molar-refractivity contribution in [2.75, 3.05) is 0 Å². The third-order valence-electron chi connectivity index (χ3n) is 0.834. The van der Waals surface area contributed by atoms with Crippen molar-refractivity contribution in [1.82, 2.24) is 0 Å². The minimum Gasteiger partial charge on any atom is -0.0843 e. The first-order valence-electron chi connectivity index (χ1n) is 2.34. The first-order valence-corrected chi connectivity index (χ1v) is 2.72. The summed E-state index contributed by atoms with van der Waals surface area (Å²) in [7, 11) is 0. The van der Waals surface area contributed by atoms with Crippen molar-refractivity contribution in [1.29, 1.82) is 0 Å². The number of hydrogen-bond acceptors (Lipinski definition) is 0. The van der Waals surface area contributed by atoms with E-state index in [1.54, 1.807) is 6.07 Å². The molecule has 0 bridgehead atoms. The Balaban J connectivity index is 3.08. The summed E-state index contributed by atoms with van der Waals surface area (Å²) in [5.74, 6) is 0. The third-order valence-corrected chi connectivity index (χ3v) is 1.05. The quantitative estimate of drug-likeness (QED) is 0.498. The number of benzene rings is 1. The van der Waals surface area contributed by atoms with E-state index in [0.29, 0.717) is 0 Å². The molecule has 0 spiro atoms. The second kappa shape index (κ2) is 2.19. The van der Waals surface area contributed by atoms with E-state index in [9.17, 15) is 0 Å². The van der Waals surface area contributed by atoms with Crippen LogP contribution in [-0.4, -0.2) is 0 Å². The smallest absolute Gasteiger partial charge is 0.0415 e. The van der Waals surface area contributed by atoms with E-state index in [1.807, 2.05) is 13.0 Å². The van der Waals surface area contributed by atoms with Gasteiger partial charge in [0.15, 0.2) is 0 Å². The maximum atomic E-state index is 5.59. The monoisotopic (exact) mass is 124 g/mol. The van der Waals surface area contributed by atoms with E-state index in [1.165, 1.54) is 0 Å². The molecule has 0 fully saturated rings. The summed E-state index contributed by atoms with van der Waals surface area (Å²) in [6, 6.07) is 9.17. The van der Waals surface area contributed by atoms with E-state index in [-0.39, 0.29) is 0 Å². The summed E-state index contributed by atoms with van der Waals surface area (Å²) in [4.78, 5) is 0. The summed E-state index contributed by atoms with van der Waals surface area (Å²) in [5.41, 5.74) is 1.03. The van der Waals surface area contributed by atoms with Crippen LogP contribution in [0.4, 0.5) is 0 Å². The summed E-state index contributed by atoms with van der Waals surface area (Å²) in [6.07, 6.45) is 0. The fourth-order valence-corrected chi connectivity index (χ4v) is 0.722. The zero-order valence-corrected chi connectivity index (χ0v) is 5.29. The number of rotatable bonds is 0. The molecule has 0 saturated carbocycles. The molecule has 0 atom stereocenters. The summed E-state index contributed by atoms with van der Waals surface area (Å²) >= 11 is 5.59. The van der Waals surface area contributed by atoms with E-state index in [4.69, 9.17) is 11.6 Å². The first-order chi connectivity index (χ1) is 3.79. The van der Waals surface area contributed by atoms with E-state index in [2.05, 4.69) is 12.1 Å². The van der Waals surface area contributed by atoms with Gasteiger partial charge in [0.05, 0.1) is 0 Å². The van der Waals surface area contributed by atoms with Crippen LogP contribution in [0.5, 0.6) is 0 Å². The molecule has 1 rings (SSSR count). The first kappa shape index (κ1) is 5.64. The molecule has 1 aromatic carbocycles. The molecule has 0 N–H and O–H groups in total. The molecule has 40 valence electrons. The highest BCUT2D eigenvalue weighted by Crippen LogP contribution is 2.07. The highest BCUT2D eigenvalue weighted by atomic mass is 35.5. The van der Waals surface area contributed by atoms with Crippen molar-refractivity contribution in [2.24, 2.45) is 0 Å². The molecule has 0 aliphatic rings. The predicted molar refractivity (Wildman–Crippen MR) is 33.9 cm³/mol. The van der Waals surface area contributed by atoms with Gasteiger partial charge in [-0.2, -0.15) is 0 Å². The number of halogens is 1. The molecule has 1 heteroatoms. The summed E-state index contributed by atoms with van der Waals surface area (Å²) < 4.78 is 0. The van der Waals surface area contributed by atoms with Gasteiger partial charge in [-0.25, -0.2) is 0 Å². The highest BCUT2D eigenvalue weighted by molar-refractivity contribution is 6.30. The molecule has 2 radical (unpaired) electrons. The van der Waals surface area contributed by atoms with Gasteiger partial charge in [0, 0.05) is 5.02 Å².